The van der Waals surface area contributed by atoms with Gasteiger partial charge in [-0.1, -0.05) is 18.2 Å². The summed E-state index contributed by atoms with van der Waals surface area (Å²) in [6, 6.07) is 11.5. The summed E-state index contributed by atoms with van der Waals surface area (Å²) in [6.07, 6.45) is 1.70. The average molecular weight is 299 g/mol. The molecule has 1 heterocycles. The van der Waals surface area contributed by atoms with Gasteiger partial charge in [0.15, 0.2) is 5.69 Å². The van der Waals surface area contributed by atoms with Crippen LogP contribution >= 0.6 is 0 Å². The lowest BCUT2D eigenvalue weighted by Crippen LogP contribution is -2.35. The number of carbonyl (C=O) groups is 1. The van der Waals surface area contributed by atoms with Crippen molar-refractivity contribution in [1.29, 1.82) is 0 Å². The summed E-state index contributed by atoms with van der Waals surface area (Å²) < 4.78 is 1.76. The van der Waals surface area contributed by atoms with Crippen LogP contribution in [0.2, 0.25) is 0 Å². The van der Waals surface area contributed by atoms with Gasteiger partial charge >= 0.3 is 0 Å². The van der Waals surface area contributed by atoms with E-state index in [9.17, 15) is 9.90 Å². The summed E-state index contributed by atoms with van der Waals surface area (Å²) in [5, 5.41) is 14.4. The van der Waals surface area contributed by atoms with Gasteiger partial charge in [-0.05, 0) is 43.9 Å². The standard InChI is InChI=1S/C17H21N3O2/c1-12-10-15(18-20(12)14-6-4-3-5-7-14)17(22)19(2)11-16(21)13-8-9-13/h3-7,10,13,16,21H,8-9,11H2,1-2H3. The molecule has 2 aromatic rings. The van der Waals surface area contributed by atoms with Crippen molar-refractivity contribution in [2.45, 2.75) is 25.9 Å². The van der Waals surface area contributed by atoms with Crippen molar-refractivity contribution in [1.82, 2.24) is 14.7 Å². The van der Waals surface area contributed by atoms with Crippen LogP contribution in [0.15, 0.2) is 36.4 Å². The summed E-state index contributed by atoms with van der Waals surface area (Å²) in [5.74, 6) is 0.205. The van der Waals surface area contributed by atoms with Gasteiger partial charge in [0, 0.05) is 19.3 Å². The maximum Gasteiger partial charge on any atom is 0.274 e. The van der Waals surface area contributed by atoms with Crippen LogP contribution in [0.25, 0.3) is 5.69 Å². The second kappa shape index (κ2) is 5.93. The van der Waals surface area contributed by atoms with Crippen LogP contribution in [0, 0.1) is 12.8 Å². The Morgan fingerprint density at radius 3 is 2.73 bits per heavy atom. The molecule has 22 heavy (non-hydrogen) atoms. The fraction of sp³-hybridized carbons (Fsp3) is 0.412. The van der Waals surface area contributed by atoms with Gasteiger partial charge in [-0.15, -0.1) is 0 Å². The van der Waals surface area contributed by atoms with E-state index < -0.39 is 6.10 Å². The number of aliphatic hydroxyl groups excluding tert-OH is 1. The van der Waals surface area contributed by atoms with E-state index in [1.165, 1.54) is 0 Å². The number of hydrogen-bond donors (Lipinski definition) is 1. The maximum atomic E-state index is 12.5. The van der Waals surface area contributed by atoms with Gasteiger partial charge in [-0.3, -0.25) is 4.79 Å². The summed E-state index contributed by atoms with van der Waals surface area (Å²) in [5.41, 5.74) is 2.25. The van der Waals surface area contributed by atoms with E-state index >= 15 is 0 Å². The van der Waals surface area contributed by atoms with Crippen LogP contribution in [0.5, 0.6) is 0 Å². The third kappa shape index (κ3) is 3.04. The largest absolute Gasteiger partial charge is 0.391 e. The van der Waals surface area contributed by atoms with Gasteiger partial charge in [-0.2, -0.15) is 5.10 Å². The molecule has 0 radical (unpaired) electrons. The molecule has 5 nitrogen and oxygen atoms in total. The SMILES string of the molecule is Cc1cc(C(=O)N(C)CC(O)C2CC2)nn1-c1ccccc1. The van der Waals surface area contributed by atoms with E-state index in [4.69, 9.17) is 0 Å². The molecule has 0 spiro atoms. The molecule has 0 aliphatic heterocycles. The lowest BCUT2D eigenvalue weighted by Gasteiger charge is -2.19. The second-order valence-corrected chi connectivity index (χ2v) is 6.01. The molecule has 5 heteroatoms. The number of hydrogen-bond acceptors (Lipinski definition) is 3. The zero-order valence-electron chi connectivity index (χ0n) is 12.9. The van der Waals surface area contributed by atoms with Crippen LogP contribution in [-0.2, 0) is 0 Å². The van der Waals surface area contributed by atoms with Crippen molar-refractivity contribution >= 4 is 5.91 Å². The Morgan fingerprint density at radius 2 is 2.09 bits per heavy atom. The third-order valence-corrected chi connectivity index (χ3v) is 4.08. The molecule has 1 fully saturated rings. The van der Waals surface area contributed by atoms with E-state index in [0.717, 1.165) is 24.2 Å². The molecule has 0 bridgehead atoms. The van der Waals surface area contributed by atoms with Crippen LogP contribution in [0.4, 0.5) is 0 Å². The van der Waals surface area contributed by atoms with E-state index in [-0.39, 0.29) is 5.91 Å². The molecule has 3 rings (SSSR count). The van der Waals surface area contributed by atoms with Gasteiger partial charge < -0.3 is 10.0 Å². The van der Waals surface area contributed by atoms with Crippen LogP contribution < -0.4 is 0 Å². The van der Waals surface area contributed by atoms with Crippen molar-refractivity contribution < 1.29 is 9.90 Å². The molecular formula is C17H21N3O2. The number of carbonyl (C=O) groups excluding carboxylic acids is 1. The number of rotatable bonds is 5. The summed E-state index contributed by atoms with van der Waals surface area (Å²) >= 11 is 0. The Morgan fingerprint density at radius 1 is 1.41 bits per heavy atom. The first kappa shape index (κ1) is 14.8. The number of aliphatic hydroxyl groups is 1. The molecule has 1 aromatic carbocycles. The highest BCUT2D eigenvalue weighted by atomic mass is 16.3. The van der Waals surface area contributed by atoms with Gasteiger partial charge in [0.25, 0.3) is 5.91 Å². The fourth-order valence-corrected chi connectivity index (χ4v) is 2.60. The lowest BCUT2D eigenvalue weighted by molar-refractivity contribution is 0.0640. The predicted octanol–water partition coefficient (Wildman–Crippen LogP) is 2.02. The number of likely N-dealkylation sites (N-methyl/N-ethyl adjacent to an activating group) is 1. The first-order chi connectivity index (χ1) is 10.6. The van der Waals surface area contributed by atoms with Gasteiger partial charge in [-0.25, -0.2) is 4.68 Å². The molecule has 1 amide bonds. The van der Waals surface area contributed by atoms with Crippen molar-refractivity contribution in [2.75, 3.05) is 13.6 Å². The summed E-state index contributed by atoms with van der Waals surface area (Å²) in [7, 11) is 1.71. The Kier molecular flexibility index (Phi) is 3.98. The Balaban J connectivity index is 1.75. The van der Waals surface area contributed by atoms with Gasteiger partial charge in [0.05, 0.1) is 11.8 Å². The summed E-state index contributed by atoms with van der Waals surface area (Å²) in [6.45, 7) is 2.29. The van der Waals surface area contributed by atoms with Crippen LogP contribution in [0.3, 0.4) is 0 Å². The minimum Gasteiger partial charge on any atom is -0.391 e. The Hall–Kier alpha value is -2.14. The van der Waals surface area contributed by atoms with Crippen LogP contribution in [-0.4, -0.2) is 45.4 Å². The molecular weight excluding hydrogens is 278 g/mol. The number of amides is 1. The van der Waals surface area contributed by atoms with E-state index in [2.05, 4.69) is 5.10 Å². The first-order valence-corrected chi connectivity index (χ1v) is 7.62. The van der Waals surface area contributed by atoms with E-state index in [0.29, 0.717) is 18.2 Å². The number of benzene rings is 1. The van der Waals surface area contributed by atoms with Crippen molar-refractivity contribution in [3.8, 4) is 5.69 Å². The van der Waals surface area contributed by atoms with Crippen molar-refractivity contribution in [3.05, 3.63) is 47.8 Å². The highest BCUT2D eigenvalue weighted by molar-refractivity contribution is 5.92. The van der Waals surface area contributed by atoms with Gasteiger partial charge in [0.2, 0.25) is 0 Å². The average Bonchev–Trinajstić information content (AvgIpc) is 3.30. The normalized spacial score (nSPS) is 15.6. The number of aromatic nitrogens is 2. The van der Waals surface area contributed by atoms with E-state index in [1.54, 1.807) is 22.7 Å². The molecule has 1 N–H and O–H groups in total. The van der Waals surface area contributed by atoms with E-state index in [1.807, 2.05) is 37.3 Å². The molecule has 0 saturated heterocycles. The molecule has 1 unspecified atom stereocenters. The first-order valence-electron chi connectivity index (χ1n) is 7.62. The Bertz CT molecular complexity index is 662. The molecule has 116 valence electrons. The third-order valence-electron chi connectivity index (χ3n) is 4.08. The summed E-state index contributed by atoms with van der Waals surface area (Å²) in [4.78, 5) is 14.0. The fourth-order valence-electron chi connectivity index (χ4n) is 2.60. The number of para-hydroxylation sites is 1. The second-order valence-electron chi connectivity index (χ2n) is 6.01. The zero-order valence-corrected chi connectivity index (χ0v) is 12.9. The van der Waals surface area contributed by atoms with Crippen molar-refractivity contribution in [3.63, 3.8) is 0 Å². The minimum atomic E-state index is -0.425. The zero-order chi connectivity index (χ0) is 15.7. The molecule has 1 saturated carbocycles. The van der Waals surface area contributed by atoms with Crippen LogP contribution in [0.1, 0.15) is 29.0 Å². The predicted molar refractivity (Wildman–Crippen MR) is 84.0 cm³/mol. The number of nitrogens with zero attached hydrogens (tertiary/aromatic N) is 3. The molecule has 1 aliphatic carbocycles. The molecule has 1 atom stereocenters. The molecule has 1 aliphatic rings. The quantitative estimate of drug-likeness (QED) is 0.919. The maximum absolute atomic E-state index is 12.5. The van der Waals surface area contributed by atoms with Gasteiger partial charge in [0.1, 0.15) is 0 Å². The minimum absolute atomic E-state index is 0.155. The topological polar surface area (TPSA) is 58.4 Å². The monoisotopic (exact) mass is 299 g/mol. The Labute approximate surface area is 130 Å². The lowest BCUT2D eigenvalue weighted by atomic mass is 10.2. The highest BCUT2D eigenvalue weighted by Gasteiger charge is 2.31. The highest BCUT2D eigenvalue weighted by Crippen LogP contribution is 2.32. The number of aryl methyl sites for hydroxylation is 1. The van der Waals surface area contributed by atoms with Crippen molar-refractivity contribution in [2.24, 2.45) is 5.92 Å². The molecule has 1 aromatic heterocycles. The smallest absolute Gasteiger partial charge is 0.274 e.